The fourth-order valence-corrected chi connectivity index (χ4v) is 1.89. The van der Waals surface area contributed by atoms with Crippen molar-refractivity contribution >= 4 is 12.4 Å². The van der Waals surface area contributed by atoms with Crippen LogP contribution in [0.1, 0.15) is 17.2 Å². The smallest absolute Gasteiger partial charge is 0.406 e. The Labute approximate surface area is 133 Å². The Morgan fingerprint density at radius 3 is 1.83 bits per heavy atom. The van der Waals surface area contributed by atoms with Crippen LogP contribution >= 0.6 is 12.4 Å². The first-order valence-corrected chi connectivity index (χ1v) is 5.93. The molecule has 2 nitrogen and oxygen atoms in total. The van der Waals surface area contributed by atoms with Crippen molar-refractivity contribution in [2.24, 2.45) is 5.73 Å². The van der Waals surface area contributed by atoms with Crippen LogP contribution in [0.15, 0.2) is 36.4 Å². The van der Waals surface area contributed by atoms with Crippen molar-refractivity contribution < 1.29 is 31.1 Å². The van der Waals surface area contributed by atoms with E-state index in [2.05, 4.69) is 4.74 Å². The maximum absolute atomic E-state index is 13.6. The topological polar surface area (TPSA) is 35.2 Å². The molecule has 2 aromatic rings. The van der Waals surface area contributed by atoms with E-state index in [0.717, 1.165) is 24.3 Å². The van der Waals surface area contributed by atoms with Crippen LogP contribution in [0.3, 0.4) is 0 Å². The largest absolute Gasteiger partial charge is 0.573 e. The van der Waals surface area contributed by atoms with E-state index in [-0.39, 0.29) is 18.0 Å². The van der Waals surface area contributed by atoms with E-state index in [9.17, 15) is 26.3 Å². The van der Waals surface area contributed by atoms with Crippen molar-refractivity contribution in [3.8, 4) is 5.75 Å². The van der Waals surface area contributed by atoms with Crippen molar-refractivity contribution in [2.45, 2.75) is 12.4 Å². The van der Waals surface area contributed by atoms with Crippen molar-refractivity contribution in [1.82, 2.24) is 0 Å². The van der Waals surface area contributed by atoms with Crippen molar-refractivity contribution in [3.05, 3.63) is 65.0 Å². The number of rotatable bonds is 3. The van der Waals surface area contributed by atoms with Gasteiger partial charge in [0, 0.05) is 17.7 Å². The maximum atomic E-state index is 13.6. The Morgan fingerprint density at radius 2 is 1.39 bits per heavy atom. The van der Waals surface area contributed by atoms with Crippen LogP contribution in [-0.2, 0) is 0 Å². The number of hydrogen-bond donors (Lipinski definition) is 1. The molecule has 0 saturated carbocycles. The first kappa shape index (κ1) is 19.1. The average molecular weight is 358 g/mol. The van der Waals surface area contributed by atoms with Crippen LogP contribution in [0.25, 0.3) is 0 Å². The van der Waals surface area contributed by atoms with Crippen LogP contribution in [0.4, 0.5) is 26.3 Å². The van der Waals surface area contributed by atoms with Gasteiger partial charge in [0.15, 0.2) is 0 Å². The predicted molar refractivity (Wildman–Crippen MR) is 72.7 cm³/mol. The lowest BCUT2D eigenvalue weighted by molar-refractivity contribution is -0.274. The minimum Gasteiger partial charge on any atom is -0.406 e. The second-order valence-corrected chi connectivity index (χ2v) is 4.38. The highest BCUT2D eigenvalue weighted by atomic mass is 35.5. The molecule has 0 aliphatic rings. The zero-order valence-electron chi connectivity index (χ0n) is 11.2. The monoisotopic (exact) mass is 357 g/mol. The molecule has 0 unspecified atom stereocenters. The van der Waals surface area contributed by atoms with E-state index in [1.54, 1.807) is 0 Å². The number of alkyl halides is 3. The summed E-state index contributed by atoms with van der Waals surface area (Å²) in [6, 6.07) is 3.82. The van der Waals surface area contributed by atoms with Crippen LogP contribution < -0.4 is 10.5 Å². The molecule has 9 heteroatoms. The molecule has 0 heterocycles. The molecular formula is C14H10ClF6NO. The molecule has 2 rings (SSSR count). The fraction of sp³-hybridized carbons (Fsp3) is 0.143. The van der Waals surface area contributed by atoms with Crippen LogP contribution in [-0.4, -0.2) is 6.36 Å². The van der Waals surface area contributed by atoms with E-state index in [4.69, 9.17) is 5.73 Å². The summed E-state index contributed by atoms with van der Waals surface area (Å²) >= 11 is 0. The highest BCUT2D eigenvalue weighted by Gasteiger charge is 2.31. The van der Waals surface area contributed by atoms with Crippen molar-refractivity contribution in [1.29, 1.82) is 0 Å². The second-order valence-electron chi connectivity index (χ2n) is 4.38. The molecule has 23 heavy (non-hydrogen) atoms. The first-order chi connectivity index (χ1) is 10.2. The molecule has 0 bridgehead atoms. The predicted octanol–water partition coefficient (Wildman–Crippen LogP) is 4.47. The normalized spacial score (nSPS) is 12.5. The Bertz CT molecular complexity index is 651. The van der Waals surface area contributed by atoms with E-state index < -0.39 is 41.2 Å². The third-order valence-electron chi connectivity index (χ3n) is 2.83. The number of ether oxygens (including phenoxy) is 1. The van der Waals surface area contributed by atoms with Gasteiger partial charge >= 0.3 is 6.36 Å². The van der Waals surface area contributed by atoms with E-state index in [1.807, 2.05) is 0 Å². The van der Waals surface area contributed by atoms with E-state index >= 15 is 0 Å². The fourth-order valence-electron chi connectivity index (χ4n) is 1.89. The second kappa shape index (κ2) is 7.10. The molecule has 0 aliphatic carbocycles. The van der Waals surface area contributed by atoms with Gasteiger partial charge in [0.1, 0.15) is 23.2 Å². The lowest BCUT2D eigenvalue weighted by atomic mass is 9.98. The van der Waals surface area contributed by atoms with Crippen molar-refractivity contribution in [3.63, 3.8) is 0 Å². The number of hydrogen-bond acceptors (Lipinski definition) is 2. The summed E-state index contributed by atoms with van der Waals surface area (Å²) in [5.74, 6) is -3.95. The zero-order valence-corrected chi connectivity index (χ0v) is 12.0. The molecule has 0 fully saturated rings. The number of benzene rings is 2. The quantitative estimate of drug-likeness (QED) is 0.822. The SMILES string of the molecule is Cl.N[C@H](c1ccc(OC(F)(F)F)cc1)c1c(F)cc(F)cc1F. The van der Waals surface area contributed by atoms with E-state index in [1.165, 1.54) is 0 Å². The van der Waals surface area contributed by atoms with Gasteiger partial charge in [0.2, 0.25) is 0 Å². The Balaban J connectivity index is 0.00000264. The molecule has 0 amide bonds. The summed E-state index contributed by atoms with van der Waals surface area (Å²) in [6.07, 6.45) is -4.85. The summed E-state index contributed by atoms with van der Waals surface area (Å²) in [6.45, 7) is 0. The zero-order chi connectivity index (χ0) is 16.5. The average Bonchev–Trinajstić information content (AvgIpc) is 2.36. The molecule has 0 saturated heterocycles. The Morgan fingerprint density at radius 1 is 0.913 bits per heavy atom. The lowest BCUT2D eigenvalue weighted by Gasteiger charge is -2.15. The van der Waals surface area contributed by atoms with Gasteiger partial charge in [-0.2, -0.15) is 0 Å². The summed E-state index contributed by atoms with van der Waals surface area (Å²) in [4.78, 5) is 0. The minimum atomic E-state index is -4.85. The highest BCUT2D eigenvalue weighted by molar-refractivity contribution is 5.85. The highest BCUT2D eigenvalue weighted by Crippen LogP contribution is 2.28. The van der Waals surface area contributed by atoms with Gasteiger partial charge in [-0.3, -0.25) is 0 Å². The summed E-state index contributed by atoms with van der Waals surface area (Å²) in [5.41, 5.74) is 5.24. The van der Waals surface area contributed by atoms with Gasteiger partial charge in [0.25, 0.3) is 0 Å². The standard InChI is InChI=1S/C14H9F6NO.ClH/c15-8-5-10(16)12(11(17)6-8)13(21)7-1-3-9(4-2-7)22-14(18,19)20;/h1-6,13H,21H2;1H/t13-;/m1./s1. The minimum absolute atomic E-state index is 0. The summed E-state index contributed by atoms with van der Waals surface area (Å²) in [7, 11) is 0. The molecule has 2 N–H and O–H groups in total. The molecule has 1 atom stereocenters. The molecule has 2 aromatic carbocycles. The summed E-state index contributed by atoms with van der Waals surface area (Å²) in [5, 5.41) is 0. The van der Waals surface area contributed by atoms with Crippen molar-refractivity contribution in [2.75, 3.05) is 0 Å². The molecule has 0 aromatic heterocycles. The van der Waals surface area contributed by atoms with Crippen LogP contribution in [0.5, 0.6) is 5.75 Å². The van der Waals surface area contributed by atoms with Gasteiger partial charge in [-0.15, -0.1) is 25.6 Å². The third kappa shape index (κ3) is 4.77. The molecule has 126 valence electrons. The lowest BCUT2D eigenvalue weighted by Crippen LogP contribution is -2.18. The van der Waals surface area contributed by atoms with Gasteiger partial charge < -0.3 is 10.5 Å². The van der Waals surface area contributed by atoms with Gasteiger partial charge in [-0.25, -0.2) is 13.2 Å². The van der Waals surface area contributed by atoms with Crippen LogP contribution in [0, 0.1) is 17.5 Å². The maximum Gasteiger partial charge on any atom is 0.573 e. The van der Waals surface area contributed by atoms with E-state index in [0.29, 0.717) is 12.1 Å². The van der Waals surface area contributed by atoms with Gasteiger partial charge in [-0.1, -0.05) is 12.1 Å². The van der Waals surface area contributed by atoms with Gasteiger partial charge in [0.05, 0.1) is 6.04 Å². The van der Waals surface area contributed by atoms with Gasteiger partial charge in [-0.05, 0) is 17.7 Å². The first-order valence-electron chi connectivity index (χ1n) is 5.93. The molecular weight excluding hydrogens is 348 g/mol. The number of nitrogens with two attached hydrogens (primary N) is 1. The summed E-state index contributed by atoms with van der Waals surface area (Å²) < 4.78 is 79.8. The number of halogens is 7. The van der Waals surface area contributed by atoms with Crippen LogP contribution in [0.2, 0.25) is 0 Å². The molecule has 0 aliphatic heterocycles. The Hall–Kier alpha value is -1.93. The Kier molecular flexibility index (Phi) is 5.90. The molecule has 0 radical (unpaired) electrons. The third-order valence-corrected chi connectivity index (χ3v) is 2.83. The molecule has 0 spiro atoms.